The van der Waals surface area contributed by atoms with E-state index in [1.807, 2.05) is 12.1 Å². The number of nitrogens with one attached hydrogen (secondary N) is 1. The fourth-order valence-corrected chi connectivity index (χ4v) is 4.03. The summed E-state index contributed by atoms with van der Waals surface area (Å²) in [7, 11) is 0. The van der Waals surface area contributed by atoms with Gasteiger partial charge in [0.1, 0.15) is 5.82 Å². The van der Waals surface area contributed by atoms with Crippen LogP contribution in [-0.4, -0.2) is 65.6 Å². The van der Waals surface area contributed by atoms with E-state index in [1.54, 1.807) is 11.3 Å². The Bertz CT molecular complexity index is 841. The van der Waals surface area contributed by atoms with Gasteiger partial charge in [-0.15, -0.1) is 0 Å². The second-order valence-electron chi connectivity index (χ2n) is 6.63. The fourth-order valence-electron chi connectivity index (χ4n) is 3.39. The Balaban J connectivity index is 1.47. The molecule has 2 aromatic heterocycles. The van der Waals surface area contributed by atoms with Gasteiger partial charge in [0.15, 0.2) is 5.82 Å². The molecule has 0 atom stereocenters. The number of anilines is 1. The number of rotatable bonds is 6. The number of aromatic nitrogens is 2. The Morgan fingerprint density at radius 1 is 1.04 bits per heavy atom. The molecule has 136 valence electrons. The Morgan fingerprint density at radius 3 is 2.62 bits per heavy atom. The highest BCUT2D eigenvalue weighted by molar-refractivity contribution is 7.08. The van der Waals surface area contributed by atoms with Crippen molar-refractivity contribution in [1.82, 2.24) is 19.8 Å². The van der Waals surface area contributed by atoms with Gasteiger partial charge in [-0.25, -0.2) is 9.97 Å². The van der Waals surface area contributed by atoms with Crippen molar-refractivity contribution in [2.45, 2.75) is 6.92 Å². The van der Waals surface area contributed by atoms with Crippen molar-refractivity contribution < 1.29 is 0 Å². The predicted molar refractivity (Wildman–Crippen MR) is 110 cm³/mol. The molecule has 1 saturated heterocycles. The molecule has 1 N–H and O–H groups in total. The molecule has 0 amide bonds. The molecule has 6 heteroatoms. The number of nitrogens with zero attached hydrogens (tertiary/aromatic N) is 4. The van der Waals surface area contributed by atoms with Crippen molar-refractivity contribution in [3.8, 4) is 11.4 Å². The van der Waals surface area contributed by atoms with E-state index in [9.17, 15) is 0 Å². The van der Waals surface area contributed by atoms with Crippen molar-refractivity contribution >= 4 is 28.1 Å². The van der Waals surface area contributed by atoms with Crippen LogP contribution in [0.15, 0.2) is 41.1 Å². The van der Waals surface area contributed by atoms with Crippen LogP contribution in [0, 0.1) is 0 Å². The molecule has 4 rings (SSSR count). The van der Waals surface area contributed by atoms with Gasteiger partial charge in [-0.05, 0) is 30.1 Å². The summed E-state index contributed by atoms with van der Waals surface area (Å²) < 4.78 is 0. The van der Waals surface area contributed by atoms with Crippen molar-refractivity contribution in [1.29, 1.82) is 0 Å². The smallest absolute Gasteiger partial charge is 0.162 e. The lowest BCUT2D eigenvalue weighted by molar-refractivity contribution is 0.141. The van der Waals surface area contributed by atoms with E-state index in [1.165, 1.54) is 13.1 Å². The monoisotopic (exact) mass is 367 g/mol. The average molecular weight is 368 g/mol. The highest BCUT2D eigenvalue weighted by atomic mass is 32.1. The van der Waals surface area contributed by atoms with Gasteiger partial charge in [0.25, 0.3) is 0 Å². The molecule has 1 fully saturated rings. The Kier molecular flexibility index (Phi) is 5.43. The lowest BCUT2D eigenvalue weighted by Crippen LogP contribution is -2.47. The SMILES string of the molecule is CCN1CCN(CCNc2nc(-c3ccsc3)nc3ccccc23)CC1. The average Bonchev–Trinajstić information content (AvgIpc) is 3.23. The lowest BCUT2D eigenvalue weighted by atomic mass is 10.2. The molecule has 0 unspecified atom stereocenters. The predicted octanol–water partition coefficient (Wildman–Crippen LogP) is 3.41. The number of benzene rings is 1. The molecule has 5 nitrogen and oxygen atoms in total. The van der Waals surface area contributed by atoms with Crippen LogP contribution < -0.4 is 5.32 Å². The summed E-state index contributed by atoms with van der Waals surface area (Å²) in [6, 6.07) is 10.3. The minimum atomic E-state index is 0.795. The number of para-hydroxylation sites is 1. The zero-order valence-corrected chi connectivity index (χ0v) is 16.0. The van der Waals surface area contributed by atoms with Gasteiger partial charge in [-0.3, -0.25) is 4.90 Å². The molecule has 0 spiro atoms. The van der Waals surface area contributed by atoms with Crippen LogP contribution >= 0.6 is 11.3 Å². The minimum absolute atomic E-state index is 0.795. The maximum Gasteiger partial charge on any atom is 0.162 e. The molecule has 0 bridgehead atoms. The molecule has 0 radical (unpaired) electrons. The van der Waals surface area contributed by atoms with Crippen LogP contribution in [0.5, 0.6) is 0 Å². The third-order valence-electron chi connectivity index (χ3n) is 5.02. The Labute approximate surface area is 158 Å². The molecule has 1 aliphatic rings. The summed E-state index contributed by atoms with van der Waals surface area (Å²) in [5.74, 6) is 1.73. The van der Waals surface area contributed by atoms with Crippen molar-refractivity contribution in [3.63, 3.8) is 0 Å². The van der Waals surface area contributed by atoms with E-state index in [-0.39, 0.29) is 0 Å². The second kappa shape index (κ2) is 8.12. The topological polar surface area (TPSA) is 44.3 Å². The highest BCUT2D eigenvalue weighted by Gasteiger charge is 2.15. The molecule has 26 heavy (non-hydrogen) atoms. The number of piperazine rings is 1. The molecule has 1 aliphatic heterocycles. The quantitative estimate of drug-likeness (QED) is 0.723. The number of thiophene rings is 1. The zero-order valence-electron chi connectivity index (χ0n) is 15.2. The summed E-state index contributed by atoms with van der Waals surface area (Å²) in [5.41, 5.74) is 2.07. The Hall–Kier alpha value is -2.02. The molecule has 0 aliphatic carbocycles. The minimum Gasteiger partial charge on any atom is -0.368 e. The fraction of sp³-hybridized carbons (Fsp3) is 0.400. The third kappa shape index (κ3) is 3.87. The van der Waals surface area contributed by atoms with Gasteiger partial charge in [0, 0.05) is 55.6 Å². The molecule has 3 aromatic rings. The van der Waals surface area contributed by atoms with Crippen LogP contribution in [-0.2, 0) is 0 Å². The van der Waals surface area contributed by atoms with Crippen LogP contribution in [0.4, 0.5) is 5.82 Å². The van der Waals surface area contributed by atoms with Crippen LogP contribution in [0.3, 0.4) is 0 Å². The van der Waals surface area contributed by atoms with Gasteiger partial charge < -0.3 is 10.2 Å². The summed E-state index contributed by atoms with van der Waals surface area (Å²) in [6.07, 6.45) is 0. The van der Waals surface area contributed by atoms with E-state index >= 15 is 0 Å². The summed E-state index contributed by atoms with van der Waals surface area (Å²) in [5, 5.41) is 8.81. The number of fused-ring (bicyclic) bond motifs is 1. The van der Waals surface area contributed by atoms with E-state index < -0.39 is 0 Å². The maximum atomic E-state index is 4.81. The first-order chi connectivity index (χ1) is 12.8. The summed E-state index contributed by atoms with van der Waals surface area (Å²) in [6.45, 7) is 10.00. The maximum absolute atomic E-state index is 4.81. The highest BCUT2D eigenvalue weighted by Crippen LogP contribution is 2.25. The van der Waals surface area contributed by atoms with Crippen molar-refractivity contribution in [2.24, 2.45) is 0 Å². The first-order valence-electron chi connectivity index (χ1n) is 9.31. The number of hydrogen-bond donors (Lipinski definition) is 1. The van der Waals surface area contributed by atoms with Gasteiger partial charge >= 0.3 is 0 Å². The molecule has 0 saturated carbocycles. The molecule has 3 heterocycles. The molecular weight excluding hydrogens is 342 g/mol. The normalized spacial score (nSPS) is 16.2. The van der Waals surface area contributed by atoms with Crippen LogP contribution in [0.2, 0.25) is 0 Å². The first kappa shape index (κ1) is 17.4. The van der Waals surface area contributed by atoms with E-state index in [4.69, 9.17) is 9.97 Å². The van der Waals surface area contributed by atoms with E-state index in [2.05, 4.69) is 51.0 Å². The van der Waals surface area contributed by atoms with Gasteiger partial charge in [0.05, 0.1) is 5.52 Å². The largest absolute Gasteiger partial charge is 0.368 e. The lowest BCUT2D eigenvalue weighted by Gasteiger charge is -2.34. The van der Waals surface area contributed by atoms with Gasteiger partial charge in [0.2, 0.25) is 0 Å². The number of likely N-dealkylation sites (N-methyl/N-ethyl adjacent to an activating group) is 1. The van der Waals surface area contributed by atoms with E-state index in [0.717, 1.165) is 60.8 Å². The van der Waals surface area contributed by atoms with Crippen LogP contribution in [0.25, 0.3) is 22.3 Å². The van der Waals surface area contributed by atoms with Crippen molar-refractivity contribution in [2.75, 3.05) is 51.1 Å². The zero-order chi connectivity index (χ0) is 17.8. The Morgan fingerprint density at radius 2 is 1.85 bits per heavy atom. The summed E-state index contributed by atoms with van der Waals surface area (Å²) >= 11 is 1.67. The second-order valence-corrected chi connectivity index (χ2v) is 7.41. The van der Waals surface area contributed by atoms with E-state index in [0.29, 0.717) is 0 Å². The van der Waals surface area contributed by atoms with Gasteiger partial charge in [-0.1, -0.05) is 19.1 Å². The number of hydrogen-bond acceptors (Lipinski definition) is 6. The first-order valence-corrected chi connectivity index (χ1v) is 10.3. The summed E-state index contributed by atoms with van der Waals surface area (Å²) in [4.78, 5) is 14.6. The van der Waals surface area contributed by atoms with Crippen molar-refractivity contribution in [3.05, 3.63) is 41.1 Å². The van der Waals surface area contributed by atoms with Crippen LogP contribution in [0.1, 0.15) is 6.92 Å². The molecule has 1 aromatic carbocycles. The third-order valence-corrected chi connectivity index (χ3v) is 5.70. The molecular formula is C20H25N5S. The van der Waals surface area contributed by atoms with Gasteiger partial charge in [-0.2, -0.15) is 11.3 Å². The standard InChI is InChI=1S/C20H25N5S/c1-2-24-10-12-25(13-11-24)9-8-21-20-17-5-3-4-6-18(17)22-19(23-20)16-7-14-26-15-16/h3-7,14-15H,2,8-13H2,1H3,(H,21,22,23).